The number of aromatic amines is 1. The molecule has 3 heterocycles. The molecule has 1 fully saturated rings. The molecule has 0 spiro atoms. The van der Waals surface area contributed by atoms with Crippen molar-refractivity contribution in [3.05, 3.63) is 65.1 Å². The lowest BCUT2D eigenvalue weighted by molar-refractivity contribution is 0.0656. The molecule has 7 heteroatoms. The molecule has 0 aliphatic carbocycles. The molecule has 1 atom stereocenters. The molecule has 152 valence electrons. The first kappa shape index (κ1) is 19.9. The summed E-state index contributed by atoms with van der Waals surface area (Å²) in [4.78, 5) is 20.1. The Balaban J connectivity index is 1.44. The fourth-order valence-corrected chi connectivity index (χ4v) is 3.91. The van der Waals surface area contributed by atoms with E-state index in [0.717, 1.165) is 42.4 Å². The number of hydrogen-bond donors (Lipinski definition) is 3. The van der Waals surface area contributed by atoms with Crippen LogP contribution >= 0.6 is 11.6 Å². The molecule has 29 heavy (non-hydrogen) atoms. The maximum atomic E-state index is 12.9. The van der Waals surface area contributed by atoms with Crippen molar-refractivity contribution in [2.24, 2.45) is 5.92 Å². The zero-order valence-electron chi connectivity index (χ0n) is 16.2. The summed E-state index contributed by atoms with van der Waals surface area (Å²) < 4.78 is 6.01. The molecular weight excluding hydrogens is 388 g/mol. The predicted molar refractivity (Wildman–Crippen MR) is 114 cm³/mol. The number of fused-ring (bicyclic) bond motifs is 1. The average Bonchev–Trinajstić information content (AvgIpc) is 3.14. The Morgan fingerprint density at radius 1 is 1.24 bits per heavy atom. The van der Waals surface area contributed by atoms with Crippen molar-refractivity contribution >= 4 is 28.4 Å². The quantitative estimate of drug-likeness (QED) is 0.552. The third kappa shape index (κ3) is 4.96. The van der Waals surface area contributed by atoms with Crippen LogP contribution in [0.5, 0.6) is 0 Å². The van der Waals surface area contributed by atoms with E-state index in [-0.39, 0.29) is 11.9 Å². The van der Waals surface area contributed by atoms with Crippen molar-refractivity contribution in [3.63, 3.8) is 0 Å². The lowest BCUT2D eigenvalue weighted by Crippen LogP contribution is -2.33. The summed E-state index contributed by atoms with van der Waals surface area (Å²) in [5, 5.41) is 8.02. The molecular formula is C22H25ClN4O2. The minimum atomic E-state index is -0.241. The van der Waals surface area contributed by atoms with Crippen molar-refractivity contribution in [1.29, 1.82) is 0 Å². The zero-order valence-corrected chi connectivity index (χ0v) is 16.9. The van der Waals surface area contributed by atoms with Gasteiger partial charge in [0.15, 0.2) is 0 Å². The molecule has 3 aromatic rings. The Kier molecular flexibility index (Phi) is 6.44. The van der Waals surface area contributed by atoms with Crippen LogP contribution in [0.3, 0.4) is 0 Å². The number of amides is 1. The van der Waals surface area contributed by atoms with Gasteiger partial charge in [0, 0.05) is 41.7 Å². The fraction of sp³-hybridized carbons (Fsp3) is 0.364. The highest BCUT2D eigenvalue weighted by atomic mass is 35.5. The lowest BCUT2D eigenvalue weighted by atomic mass is 9.99. The number of hydrogen-bond acceptors (Lipinski definition) is 4. The van der Waals surface area contributed by atoms with Crippen LogP contribution in [0.1, 0.15) is 34.8 Å². The molecule has 6 nitrogen and oxygen atoms in total. The number of carbonyl (C=O) groups excluding carboxylic acids is 1. The largest absolute Gasteiger partial charge is 0.379 e. The van der Waals surface area contributed by atoms with Gasteiger partial charge in [0.1, 0.15) is 0 Å². The molecule has 1 aliphatic heterocycles. The van der Waals surface area contributed by atoms with Crippen LogP contribution in [0, 0.1) is 5.92 Å². The van der Waals surface area contributed by atoms with Gasteiger partial charge in [0.05, 0.1) is 17.7 Å². The summed E-state index contributed by atoms with van der Waals surface area (Å²) in [6.45, 7) is 3.23. The number of carbonyl (C=O) groups is 1. The van der Waals surface area contributed by atoms with E-state index < -0.39 is 0 Å². The minimum absolute atomic E-state index is 0.148. The van der Waals surface area contributed by atoms with Gasteiger partial charge in [-0.25, -0.2) is 0 Å². The monoisotopic (exact) mass is 412 g/mol. The summed E-state index contributed by atoms with van der Waals surface area (Å²) in [5.41, 5.74) is 2.39. The molecule has 1 amide bonds. The molecule has 0 radical (unpaired) electrons. The second-order valence-corrected chi connectivity index (χ2v) is 7.84. The van der Waals surface area contributed by atoms with Gasteiger partial charge in [-0.3, -0.25) is 9.78 Å². The Morgan fingerprint density at radius 3 is 2.83 bits per heavy atom. The van der Waals surface area contributed by atoms with Crippen molar-refractivity contribution < 1.29 is 9.53 Å². The number of H-pyrrole nitrogens is 1. The van der Waals surface area contributed by atoms with E-state index in [1.54, 1.807) is 24.7 Å². The summed E-state index contributed by atoms with van der Waals surface area (Å²) in [6.07, 6.45) is 7.45. The van der Waals surface area contributed by atoms with Gasteiger partial charge in [-0.2, -0.15) is 0 Å². The highest BCUT2D eigenvalue weighted by molar-refractivity contribution is 6.35. The molecule has 3 N–H and O–H groups in total. The van der Waals surface area contributed by atoms with Gasteiger partial charge in [-0.1, -0.05) is 17.7 Å². The zero-order chi connectivity index (χ0) is 20.1. The maximum absolute atomic E-state index is 12.9. The Labute approximate surface area is 175 Å². The second kappa shape index (κ2) is 9.39. The number of ether oxygens (including phenoxy) is 1. The topological polar surface area (TPSA) is 79.0 Å². The number of nitrogens with one attached hydrogen (secondary N) is 3. The molecule has 1 unspecified atom stereocenters. The summed E-state index contributed by atoms with van der Waals surface area (Å²) in [6, 6.07) is 9.04. The van der Waals surface area contributed by atoms with Crippen LogP contribution in [0.4, 0.5) is 0 Å². The van der Waals surface area contributed by atoms with Crippen LogP contribution in [0.25, 0.3) is 10.9 Å². The molecule has 0 bridgehead atoms. The lowest BCUT2D eigenvalue weighted by Gasteiger charge is -2.24. The summed E-state index contributed by atoms with van der Waals surface area (Å²) >= 11 is 6.13. The predicted octanol–water partition coefficient (Wildman–Crippen LogP) is 3.70. The smallest absolute Gasteiger partial charge is 0.251 e. The first-order valence-electron chi connectivity index (χ1n) is 9.96. The number of aromatic nitrogens is 2. The van der Waals surface area contributed by atoms with E-state index in [1.165, 1.54) is 0 Å². The Hall–Kier alpha value is -2.41. The Morgan fingerprint density at radius 2 is 2.03 bits per heavy atom. The molecule has 0 saturated carbocycles. The van der Waals surface area contributed by atoms with Gasteiger partial charge in [-0.05, 0) is 61.7 Å². The standard InChI is InChI=1S/C22H25ClN4O2/c23-19-12-26-20-11-17(1-2-18(19)20)22(28)27-21(16-5-9-25-10-6-16)14-29-13-15-3-7-24-8-4-15/h1-2,5-6,9-12,15,21,24,26H,3-4,7-8,13-14H2,(H,27,28). The number of rotatable bonds is 7. The summed E-state index contributed by atoms with van der Waals surface area (Å²) in [7, 11) is 0. The van der Waals surface area contributed by atoms with Crippen LogP contribution in [0.2, 0.25) is 5.02 Å². The number of halogens is 1. The highest BCUT2D eigenvalue weighted by Gasteiger charge is 2.19. The molecule has 1 saturated heterocycles. The van der Waals surface area contributed by atoms with Crippen molar-refractivity contribution in [2.45, 2.75) is 18.9 Å². The van der Waals surface area contributed by atoms with E-state index >= 15 is 0 Å². The molecule has 1 aromatic carbocycles. The minimum Gasteiger partial charge on any atom is -0.379 e. The SMILES string of the molecule is O=C(NC(COCC1CCNCC1)c1ccncc1)c1ccc2c(Cl)c[nH]c2c1. The number of piperidine rings is 1. The fourth-order valence-electron chi connectivity index (χ4n) is 3.69. The van der Waals surface area contributed by atoms with Crippen LogP contribution in [0.15, 0.2) is 48.9 Å². The molecule has 4 rings (SSSR count). The molecule has 1 aliphatic rings. The van der Waals surface area contributed by atoms with Gasteiger partial charge in [-0.15, -0.1) is 0 Å². The normalized spacial score (nSPS) is 16.0. The second-order valence-electron chi connectivity index (χ2n) is 7.43. The van der Waals surface area contributed by atoms with Gasteiger partial charge < -0.3 is 20.4 Å². The van der Waals surface area contributed by atoms with Crippen molar-refractivity contribution in [3.8, 4) is 0 Å². The number of nitrogens with zero attached hydrogens (tertiary/aromatic N) is 1. The van der Waals surface area contributed by atoms with Crippen molar-refractivity contribution in [1.82, 2.24) is 20.6 Å². The van der Waals surface area contributed by atoms with E-state index in [0.29, 0.717) is 29.7 Å². The van der Waals surface area contributed by atoms with Crippen LogP contribution in [-0.4, -0.2) is 42.2 Å². The summed E-state index contributed by atoms with van der Waals surface area (Å²) in [5.74, 6) is 0.426. The van der Waals surface area contributed by atoms with Gasteiger partial charge in [0.2, 0.25) is 0 Å². The third-order valence-electron chi connectivity index (χ3n) is 5.40. The Bertz CT molecular complexity index is 954. The molecule has 2 aromatic heterocycles. The number of pyridine rings is 1. The van der Waals surface area contributed by atoms with Gasteiger partial charge in [0.25, 0.3) is 5.91 Å². The third-order valence-corrected chi connectivity index (χ3v) is 5.72. The highest BCUT2D eigenvalue weighted by Crippen LogP contribution is 2.24. The van der Waals surface area contributed by atoms with Crippen LogP contribution in [-0.2, 0) is 4.74 Å². The van der Waals surface area contributed by atoms with E-state index in [1.807, 2.05) is 24.3 Å². The average molecular weight is 413 g/mol. The number of benzene rings is 1. The van der Waals surface area contributed by atoms with E-state index in [2.05, 4.69) is 20.6 Å². The maximum Gasteiger partial charge on any atom is 0.251 e. The van der Waals surface area contributed by atoms with Gasteiger partial charge >= 0.3 is 0 Å². The first-order valence-corrected chi connectivity index (χ1v) is 10.3. The van der Waals surface area contributed by atoms with Crippen molar-refractivity contribution in [2.75, 3.05) is 26.3 Å². The van der Waals surface area contributed by atoms with E-state index in [4.69, 9.17) is 16.3 Å². The van der Waals surface area contributed by atoms with Crippen LogP contribution < -0.4 is 10.6 Å². The first-order chi connectivity index (χ1) is 14.2. The van der Waals surface area contributed by atoms with E-state index in [9.17, 15) is 4.79 Å².